The monoisotopic (exact) mass is 369 g/mol. The van der Waals surface area contributed by atoms with E-state index in [1.165, 1.54) is 5.56 Å². The number of nitrogens with two attached hydrogens (primary N) is 1. The van der Waals surface area contributed by atoms with E-state index in [1.807, 2.05) is 11.0 Å². The number of benzene rings is 1. The van der Waals surface area contributed by atoms with Crippen LogP contribution in [-0.4, -0.2) is 47.2 Å². The summed E-state index contributed by atoms with van der Waals surface area (Å²) in [7, 11) is 0. The number of hydrogen-bond donors (Lipinski definition) is 1. The molecule has 1 atom stereocenters. The Balaban J connectivity index is 1.48. The van der Waals surface area contributed by atoms with Gasteiger partial charge in [0, 0.05) is 26.2 Å². The number of piperidine rings is 1. The van der Waals surface area contributed by atoms with Gasteiger partial charge in [0.05, 0.1) is 5.41 Å². The first-order chi connectivity index (χ1) is 12.9. The second-order valence-electron chi connectivity index (χ2n) is 8.52. The fraction of sp³-hybridized carbons (Fsp3) is 0.571. The van der Waals surface area contributed by atoms with Gasteiger partial charge in [-0.2, -0.15) is 0 Å². The van der Waals surface area contributed by atoms with Crippen molar-refractivity contribution >= 4 is 17.7 Å². The first kappa shape index (κ1) is 18.0. The molecule has 6 nitrogen and oxygen atoms in total. The van der Waals surface area contributed by atoms with Crippen LogP contribution in [0, 0.1) is 17.8 Å². The maximum absolute atomic E-state index is 13.3. The van der Waals surface area contributed by atoms with Gasteiger partial charge in [0.25, 0.3) is 0 Å². The minimum atomic E-state index is -0.996. The molecule has 2 heterocycles. The van der Waals surface area contributed by atoms with E-state index in [1.54, 1.807) is 4.90 Å². The Hall–Kier alpha value is -2.37. The molecule has 0 aromatic heterocycles. The van der Waals surface area contributed by atoms with Gasteiger partial charge in [-0.3, -0.25) is 14.4 Å². The number of nitrogens with zero attached hydrogens (tertiary/aromatic N) is 2. The SMILES string of the molecule is Cc1cccc(CN2CCCC3(CCN(C(=O)C4(C(N)=O)CC4)C3)C2=O)c1. The van der Waals surface area contributed by atoms with Crippen molar-refractivity contribution < 1.29 is 14.4 Å². The van der Waals surface area contributed by atoms with Gasteiger partial charge >= 0.3 is 0 Å². The molecule has 6 heteroatoms. The zero-order chi connectivity index (χ0) is 19.2. The zero-order valence-electron chi connectivity index (χ0n) is 15.9. The first-order valence-electron chi connectivity index (χ1n) is 9.81. The van der Waals surface area contributed by atoms with Gasteiger partial charge in [-0.1, -0.05) is 29.8 Å². The van der Waals surface area contributed by atoms with Crippen molar-refractivity contribution in [1.29, 1.82) is 0 Å². The largest absolute Gasteiger partial charge is 0.369 e. The third kappa shape index (κ3) is 3.01. The third-order valence-electron chi connectivity index (χ3n) is 6.55. The average Bonchev–Trinajstić information content (AvgIpc) is 3.35. The summed E-state index contributed by atoms with van der Waals surface area (Å²) >= 11 is 0. The maximum Gasteiger partial charge on any atom is 0.238 e. The number of likely N-dealkylation sites (tertiary alicyclic amines) is 2. The highest BCUT2D eigenvalue weighted by Crippen LogP contribution is 2.49. The van der Waals surface area contributed by atoms with Gasteiger partial charge in [0.1, 0.15) is 5.41 Å². The molecule has 2 aliphatic heterocycles. The lowest BCUT2D eigenvalue weighted by molar-refractivity contribution is -0.147. The van der Waals surface area contributed by atoms with Crippen molar-refractivity contribution in [1.82, 2.24) is 9.80 Å². The number of primary amides is 1. The molecule has 1 aromatic carbocycles. The molecule has 1 aliphatic carbocycles. The van der Waals surface area contributed by atoms with Crippen LogP contribution in [0.5, 0.6) is 0 Å². The van der Waals surface area contributed by atoms with Crippen molar-refractivity contribution in [2.45, 2.75) is 45.6 Å². The molecule has 144 valence electrons. The zero-order valence-corrected chi connectivity index (χ0v) is 15.9. The van der Waals surface area contributed by atoms with E-state index in [0.717, 1.165) is 24.9 Å². The number of amides is 3. The van der Waals surface area contributed by atoms with Crippen LogP contribution in [-0.2, 0) is 20.9 Å². The molecule has 4 rings (SSSR count). The Morgan fingerprint density at radius 3 is 2.59 bits per heavy atom. The number of carbonyl (C=O) groups excluding carboxylic acids is 3. The predicted octanol–water partition coefficient (Wildman–Crippen LogP) is 1.60. The van der Waals surface area contributed by atoms with Crippen molar-refractivity contribution in [3.63, 3.8) is 0 Å². The molecule has 3 fully saturated rings. The first-order valence-corrected chi connectivity index (χ1v) is 9.81. The highest BCUT2D eigenvalue weighted by molar-refractivity contribution is 6.07. The van der Waals surface area contributed by atoms with Crippen LogP contribution >= 0.6 is 0 Å². The average molecular weight is 369 g/mol. The van der Waals surface area contributed by atoms with Gasteiger partial charge in [-0.25, -0.2) is 0 Å². The molecular formula is C21H27N3O3. The summed E-state index contributed by atoms with van der Waals surface area (Å²) < 4.78 is 0. The fourth-order valence-electron chi connectivity index (χ4n) is 4.75. The molecule has 1 saturated carbocycles. The van der Waals surface area contributed by atoms with E-state index < -0.39 is 16.7 Å². The van der Waals surface area contributed by atoms with Crippen LogP contribution in [0.3, 0.4) is 0 Å². The van der Waals surface area contributed by atoms with Gasteiger partial charge < -0.3 is 15.5 Å². The van der Waals surface area contributed by atoms with Crippen LogP contribution in [0.15, 0.2) is 24.3 Å². The van der Waals surface area contributed by atoms with Crippen molar-refractivity contribution in [3.8, 4) is 0 Å². The van der Waals surface area contributed by atoms with E-state index in [4.69, 9.17) is 5.73 Å². The maximum atomic E-state index is 13.3. The molecule has 1 aromatic rings. The number of hydrogen-bond acceptors (Lipinski definition) is 3. The third-order valence-corrected chi connectivity index (χ3v) is 6.55. The minimum Gasteiger partial charge on any atom is -0.369 e. The van der Waals surface area contributed by atoms with Gasteiger partial charge in [0.2, 0.25) is 17.7 Å². The van der Waals surface area contributed by atoms with Gasteiger partial charge in [0.15, 0.2) is 0 Å². The summed E-state index contributed by atoms with van der Waals surface area (Å²) in [5.41, 5.74) is 6.29. The standard InChI is InChI=1S/C21H27N3O3/c1-15-4-2-5-16(12-15)13-23-10-3-6-20(18(23)26)9-11-24(14-20)19(27)21(7-8-21)17(22)25/h2,4-5,12H,3,6-11,13-14H2,1H3,(H2,22,25). The normalized spacial score (nSPS) is 26.5. The van der Waals surface area contributed by atoms with Crippen molar-refractivity contribution in [3.05, 3.63) is 35.4 Å². The van der Waals surface area contributed by atoms with E-state index >= 15 is 0 Å². The second-order valence-corrected chi connectivity index (χ2v) is 8.52. The smallest absolute Gasteiger partial charge is 0.238 e. The van der Waals surface area contributed by atoms with E-state index in [0.29, 0.717) is 38.9 Å². The molecule has 3 amide bonds. The molecule has 3 aliphatic rings. The number of carbonyl (C=O) groups is 3. The minimum absolute atomic E-state index is 0.148. The van der Waals surface area contributed by atoms with E-state index in [-0.39, 0.29) is 11.8 Å². The summed E-state index contributed by atoms with van der Waals surface area (Å²) in [6.45, 7) is 4.38. The Labute approximate surface area is 159 Å². The fourth-order valence-corrected chi connectivity index (χ4v) is 4.75. The van der Waals surface area contributed by atoms with Crippen LogP contribution in [0.1, 0.15) is 43.2 Å². The van der Waals surface area contributed by atoms with Crippen LogP contribution < -0.4 is 5.73 Å². The Bertz CT molecular complexity index is 802. The molecular weight excluding hydrogens is 342 g/mol. The molecule has 2 saturated heterocycles. The molecule has 1 unspecified atom stereocenters. The summed E-state index contributed by atoms with van der Waals surface area (Å²) in [4.78, 5) is 41.5. The Morgan fingerprint density at radius 1 is 1.15 bits per heavy atom. The highest BCUT2D eigenvalue weighted by Gasteiger charge is 2.59. The molecule has 1 spiro atoms. The van der Waals surface area contributed by atoms with Gasteiger partial charge in [-0.05, 0) is 44.6 Å². The summed E-state index contributed by atoms with van der Waals surface area (Å²) in [5, 5.41) is 0. The van der Waals surface area contributed by atoms with Crippen LogP contribution in [0.25, 0.3) is 0 Å². The molecule has 0 bridgehead atoms. The van der Waals surface area contributed by atoms with Gasteiger partial charge in [-0.15, -0.1) is 0 Å². The van der Waals surface area contributed by atoms with Crippen molar-refractivity contribution in [2.75, 3.05) is 19.6 Å². The van der Waals surface area contributed by atoms with E-state index in [2.05, 4.69) is 25.1 Å². The number of rotatable bonds is 4. The topological polar surface area (TPSA) is 83.7 Å². The summed E-state index contributed by atoms with van der Waals surface area (Å²) in [6, 6.07) is 8.23. The Kier molecular flexibility index (Phi) is 4.24. The second kappa shape index (κ2) is 6.36. The Morgan fingerprint density at radius 2 is 1.93 bits per heavy atom. The lowest BCUT2D eigenvalue weighted by Crippen LogP contribution is -2.51. The van der Waals surface area contributed by atoms with Crippen LogP contribution in [0.2, 0.25) is 0 Å². The predicted molar refractivity (Wildman–Crippen MR) is 100 cm³/mol. The molecule has 27 heavy (non-hydrogen) atoms. The van der Waals surface area contributed by atoms with Crippen LogP contribution in [0.4, 0.5) is 0 Å². The molecule has 0 radical (unpaired) electrons. The number of aryl methyl sites for hydroxylation is 1. The van der Waals surface area contributed by atoms with E-state index in [9.17, 15) is 14.4 Å². The summed E-state index contributed by atoms with van der Waals surface area (Å²) in [6.07, 6.45) is 3.51. The highest BCUT2D eigenvalue weighted by atomic mass is 16.2. The lowest BCUT2D eigenvalue weighted by atomic mass is 9.78. The lowest BCUT2D eigenvalue weighted by Gasteiger charge is -2.39. The quantitative estimate of drug-likeness (QED) is 0.818. The molecule has 2 N–H and O–H groups in total. The van der Waals surface area contributed by atoms with Crippen molar-refractivity contribution in [2.24, 2.45) is 16.6 Å². The summed E-state index contributed by atoms with van der Waals surface area (Å²) in [5.74, 6) is -0.547.